The van der Waals surface area contributed by atoms with Gasteiger partial charge in [0.05, 0.1) is 0 Å². The molecule has 0 aliphatic carbocycles. The lowest BCUT2D eigenvalue weighted by molar-refractivity contribution is -0.128. The summed E-state index contributed by atoms with van der Waals surface area (Å²) in [5.41, 5.74) is 2.34. The van der Waals surface area contributed by atoms with Crippen molar-refractivity contribution < 1.29 is 9.53 Å². The number of hydrogen-bond acceptors (Lipinski definition) is 2. The number of aryl methyl sites for hydroxylation is 2. The van der Waals surface area contributed by atoms with Crippen LogP contribution in [0.1, 0.15) is 30.9 Å². The van der Waals surface area contributed by atoms with E-state index in [2.05, 4.69) is 5.32 Å². The molecule has 24 heavy (non-hydrogen) atoms. The molecule has 0 aromatic heterocycles. The standard InChI is InChI=1S/C20H24ClNO2/c1-3-19(24-18-8-4-6-15(2)14-18)20(23)22-13-5-7-16-9-11-17(21)12-10-16/h4,6,8-12,14,19H,3,5,7,13H2,1-2H3,(H,22,23)/t19-/m0/s1. The summed E-state index contributed by atoms with van der Waals surface area (Å²) >= 11 is 5.87. The van der Waals surface area contributed by atoms with Crippen molar-refractivity contribution in [2.45, 2.75) is 39.2 Å². The number of halogens is 1. The van der Waals surface area contributed by atoms with Gasteiger partial charge in [0.2, 0.25) is 0 Å². The van der Waals surface area contributed by atoms with Crippen molar-refractivity contribution in [3.05, 3.63) is 64.7 Å². The minimum Gasteiger partial charge on any atom is -0.481 e. The summed E-state index contributed by atoms with van der Waals surface area (Å²) in [5.74, 6) is 0.674. The number of ether oxygens (including phenoxy) is 1. The zero-order valence-electron chi connectivity index (χ0n) is 14.2. The molecule has 0 spiro atoms. The number of nitrogens with one attached hydrogen (secondary N) is 1. The van der Waals surface area contributed by atoms with Gasteiger partial charge in [-0.3, -0.25) is 4.79 Å². The first kappa shape index (κ1) is 18.3. The summed E-state index contributed by atoms with van der Waals surface area (Å²) in [5, 5.41) is 3.70. The normalized spacial score (nSPS) is 11.8. The second-order valence-corrected chi connectivity index (χ2v) is 6.29. The van der Waals surface area contributed by atoms with Crippen LogP contribution < -0.4 is 10.1 Å². The van der Waals surface area contributed by atoms with Gasteiger partial charge in [-0.1, -0.05) is 42.8 Å². The first-order chi connectivity index (χ1) is 11.6. The highest BCUT2D eigenvalue weighted by atomic mass is 35.5. The van der Waals surface area contributed by atoms with Gasteiger partial charge in [-0.15, -0.1) is 0 Å². The van der Waals surface area contributed by atoms with Crippen molar-refractivity contribution in [3.8, 4) is 5.75 Å². The van der Waals surface area contributed by atoms with Crippen molar-refractivity contribution in [2.24, 2.45) is 0 Å². The highest BCUT2D eigenvalue weighted by Crippen LogP contribution is 2.15. The van der Waals surface area contributed by atoms with Crippen molar-refractivity contribution in [1.82, 2.24) is 5.32 Å². The van der Waals surface area contributed by atoms with Crippen molar-refractivity contribution in [1.29, 1.82) is 0 Å². The van der Waals surface area contributed by atoms with Crippen LogP contribution in [0.4, 0.5) is 0 Å². The lowest BCUT2D eigenvalue weighted by Gasteiger charge is -2.17. The molecule has 1 N–H and O–H groups in total. The van der Waals surface area contributed by atoms with Gasteiger partial charge in [-0.2, -0.15) is 0 Å². The summed E-state index contributed by atoms with van der Waals surface area (Å²) in [4.78, 5) is 12.3. The third kappa shape index (κ3) is 5.89. The lowest BCUT2D eigenvalue weighted by Crippen LogP contribution is -2.38. The second-order valence-electron chi connectivity index (χ2n) is 5.85. The highest BCUT2D eigenvalue weighted by Gasteiger charge is 2.17. The predicted molar refractivity (Wildman–Crippen MR) is 98.7 cm³/mol. The lowest BCUT2D eigenvalue weighted by atomic mass is 10.1. The van der Waals surface area contributed by atoms with Gasteiger partial charge in [0, 0.05) is 11.6 Å². The molecule has 0 aliphatic rings. The summed E-state index contributed by atoms with van der Waals surface area (Å²) < 4.78 is 5.81. The Morgan fingerprint density at radius 2 is 1.96 bits per heavy atom. The summed E-state index contributed by atoms with van der Waals surface area (Å²) in [6.45, 7) is 4.59. The van der Waals surface area contributed by atoms with E-state index in [9.17, 15) is 4.79 Å². The van der Waals surface area contributed by atoms with E-state index in [0.29, 0.717) is 13.0 Å². The molecule has 0 unspecified atom stereocenters. The van der Waals surface area contributed by atoms with Gasteiger partial charge in [-0.05, 0) is 61.6 Å². The minimum atomic E-state index is -0.456. The van der Waals surface area contributed by atoms with Crippen LogP contribution in [0.15, 0.2) is 48.5 Å². The van der Waals surface area contributed by atoms with E-state index in [-0.39, 0.29) is 5.91 Å². The summed E-state index contributed by atoms with van der Waals surface area (Å²) in [6.07, 6.45) is 1.97. The van der Waals surface area contributed by atoms with Crippen LogP contribution in [-0.4, -0.2) is 18.6 Å². The molecule has 0 radical (unpaired) electrons. The molecule has 1 amide bonds. The maximum absolute atomic E-state index is 12.3. The molecule has 0 aliphatic heterocycles. The van der Waals surface area contributed by atoms with E-state index in [4.69, 9.17) is 16.3 Å². The largest absolute Gasteiger partial charge is 0.481 e. The van der Waals surface area contributed by atoms with E-state index in [1.165, 1.54) is 5.56 Å². The Morgan fingerprint density at radius 1 is 1.21 bits per heavy atom. The Kier molecular flexibility index (Phi) is 7.13. The maximum Gasteiger partial charge on any atom is 0.261 e. The van der Waals surface area contributed by atoms with E-state index >= 15 is 0 Å². The minimum absolute atomic E-state index is 0.0601. The van der Waals surface area contributed by atoms with E-state index in [1.807, 2.05) is 62.4 Å². The maximum atomic E-state index is 12.3. The molecular weight excluding hydrogens is 322 g/mol. The molecule has 0 heterocycles. The summed E-state index contributed by atoms with van der Waals surface area (Å²) in [7, 11) is 0. The topological polar surface area (TPSA) is 38.3 Å². The van der Waals surface area contributed by atoms with Crippen LogP contribution in [0.5, 0.6) is 5.75 Å². The molecule has 2 aromatic carbocycles. The van der Waals surface area contributed by atoms with E-state index in [0.717, 1.165) is 29.2 Å². The fourth-order valence-electron chi connectivity index (χ4n) is 2.44. The fourth-order valence-corrected chi connectivity index (χ4v) is 2.57. The zero-order chi connectivity index (χ0) is 17.4. The first-order valence-corrected chi connectivity index (χ1v) is 8.71. The van der Waals surface area contributed by atoms with Crippen molar-refractivity contribution in [2.75, 3.05) is 6.54 Å². The van der Waals surface area contributed by atoms with Crippen molar-refractivity contribution in [3.63, 3.8) is 0 Å². The first-order valence-electron chi connectivity index (χ1n) is 8.34. The SMILES string of the molecule is CC[C@H](Oc1cccc(C)c1)C(=O)NCCCc1ccc(Cl)cc1. The van der Waals surface area contributed by atoms with Gasteiger partial charge >= 0.3 is 0 Å². The van der Waals surface area contributed by atoms with Crippen molar-refractivity contribution >= 4 is 17.5 Å². The van der Waals surface area contributed by atoms with Crippen LogP contribution in [0.2, 0.25) is 5.02 Å². The summed E-state index contributed by atoms with van der Waals surface area (Å²) in [6, 6.07) is 15.6. The van der Waals surface area contributed by atoms with Gasteiger partial charge < -0.3 is 10.1 Å². The number of carbonyl (C=O) groups is 1. The van der Waals surface area contributed by atoms with Crippen LogP contribution in [-0.2, 0) is 11.2 Å². The van der Waals surface area contributed by atoms with E-state index in [1.54, 1.807) is 0 Å². The number of hydrogen-bond donors (Lipinski definition) is 1. The Balaban J connectivity index is 1.76. The predicted octanol–water partition coefficient (Wildman–Crippen LogP) is 4.55. The molecule has 2 rings (SSSR count). The van der Waals surface area contributed by atoms with Gasteiger partial charge in [-0.25, -0.2) is 0 Å². The van der Waals surface area contributed by atoms with Gasteiger partial charge in [0.15, 0.2) is 6.10 Å². The Bertz CT molecular complexity index is 655. The molecule has 0 fully saturated rings. The Morgan fingerprint density at radius 3 is 2.62 bits per heavy atom. The molecule has 0 saturated carbocycles. The number of carbonyl (C=O) groups excluding carboxylic acids is 1. The Labute approximate surface area is 149 Å². The Hall–Kier alpha value is -2.00. The van der Waals surface area contributed by atoms with Gasteiger partial charge in [0.1, 0.15) is 5.75 Å². The quantitative estimate of drug-likeness (QED) is 0.712. The molecular formula is C20H24ClNO2. The number of benzene rings is 2. The second kappa shape index (κ2) is 9.33. The third-order valence-electron chi connectivity index (χ3n) is 3.79. The fraction of sp³-hybridized carbons (Fsp3) is 0.350. The van der Waals surface area contributed by atoms with Crippen LogP contribution in [0.3, 0.4) is 0 Å². The molecule has 1 atom stereocenters. The van der Waals surface area contributed by atoms with E-state index < -0.39 is 6.10 Å². The van der Waals surface area contributed by atoms with Crippen LogP contribution in [0, 0.1) is 6.92 Å². The smallest absolute Gasteiger partial charge is 0.261 e. The van der Waals surface area contributed by atoms with Crippen LogP contribution in [0.25, 0.3) is 0 Å². The monoisotopic (exact) mass is 345 g/mol. The molecule has 2 aromatic rings. The van der Waals surface area contributed by atoms with Gasteiger partial charge in [0.25, 0.3) is 5.91 Å². The molecule has 3 nitrogen and oxygen atoms in total. The molecule has 4 heteroatoms. The van der Waals surface area contributed by atoms with Crippen LogP contribution >= 0.6 is 11.6 Å². The number of rotatable bonds is 8. The molecule has 0 saturated heterocycles. The average Bonchev–Trinajstić information content (AvgIpc) is 2.58. The average molecular weight is 346 g/mol. The highest BCUT2D eigenvalue weighted by molar-refractivity contribution is 6.30. The zero-order valence-corrected chi connectivity index (χ0v) is 15.0. The number of amides is 1. The molecule has 128 valence electrons. The third-order valence-corrected chi connectivity index (χ3v) is 4.04. The molecule has 0 bridgehead atoms.